The Morgan fingerprint density at radius 2 is 2.00 bits per heavy atom. The van der Waals surface area contributed by atoms with Crippen LogP contribution in [0.15, 0.2) is 0 Å². The minimum absolute atomic E-state index is 0.439. The predicted octanol–water partition coefficient (Wildman–Crippen LogP) is 1.44. The number of nitrogens with zero attached hydrogens (tertiary/aromatic N) is 1. The zero-order valence-electron chi connectivity index (χ0n) is 8.47. The quantitative estimate of drug-likeness (QED) is 0.605. The van der Waals surface area contributed by atoms with E-state index in [9.17, 15) is 9.50 Å². The van der Waals surface area contributed by atoms with Gasteiger partial charge in [-0.15, -0.1) is 0 Å². The van der Waals surface area contributed by atoms with E-state index in [1.165, 1.54) is 0 Å². The van der Waals surface area contributed by atoms with Crippen LogP contribution in [0.1, 0.15) is 27.2 Å². The van der Waals surface area contributed by atoms with Crippen LogP contribution in [0.2, 0.25) is 0 Å². The Morgan fingerprint density at radius 3 is 2.33 bits per heavy atom. The number of β-amino-alcohol motifs (C(OH)–C–C–N with tert-alkyl or cyclic N) is 1. The molecule has 74 valence electrons. The lowest BCUT2D eigenvalue weighted by atomic mass is 9.93. The number of alkyl halides is 1. The van der Waals surface area contributed by atoms with Crippen molar-refractivity contribution in [1.29, 1.82) is 0 Å². The van der Waals surface area contributed by atoms with Crippen LogP contribution in [0.5, 0.6) is 0 Å². The summed E-state index contributed by atoms with van der Waals surface area (Å²) in [6, 6.07) is 0. The first-order valence-electron chi connectivity index (χ1n) is 4.57. The fourth-order valence-corrected chi connectivity index (χ4v) is 1.37. The Labute approximate surface area is 74.4 Å². The van der Waals surface area contributed by atoms with Crippen molar-refractivity contribution in [2.75, 3.05) is 20.1 Å². The third-order valence-corrected chi connectivity index (χ3v) is 2.03. The highest BCUT2D eigenvalue weighted by Gasteiger charge is 2.36. The van der Waals surface area contributed by atoms with E-state index in [0.717, 1.165) is 6.54 Å². The first-order valence-corrected chi connectivity index (χ1v) is 4.57. The van der Waals surface area contributed by atoms with Crippen LogP contribution < -0.4 is 0 Å². The van der Waals surface area contributed by atoms with Crippen molar-refractivity contribution < 1.29 is 9.50 Å². The second-order valence-electron chi connectivity index (χ2n) is 3.35. The highest BCUT2D eigenvalue weighted by Crippen LogP contribution is 2.22. The fourth-order valence-electron chi connectivity index (χ4n) is 1.37. The van der Waals surface area contributed by atoms with Crippen molar-refractivity contribution in [2.45, 2.75) is 39.0 Å². The Morgan fingerprint density at radius 1 is 1.50 bits per heavy atom. The number of likely N-dealkylation sites (tertiary alicyclic amines) is 1. The van der Waals surface area contributed by atoms with Gasteiger partial charge in [0.15, 0.2) is 0 Å². The molecule has 0 saturated carbocycles. The first kappa shape index (κ1) is 11.8. The monoisotopic (exact) mass is 177 g/mol. The van der Waals surface area contributed by atoms with E-state index < -0.39 is 11.8 Å². The van der Waals surface area contributed by atoms with Crippen molar-refractivity contribution in [3.8, 4) is 0 Å². The van der Waals surface area contributed by atoms with Gasteiger partial charge in [0, 0.05) is 13.1 Å². The molecule has 0 aromatic carbocycles. The topological polar surface area (TPSA) is 23.5 Å². The molecule has 1 fully saturated rings. The van der Waals surface area contributed by atoms with Gasteiger partial charge in [-0.2, -0.15) is 0 Å². The molecule has 1 heterocycles. The third-order valence-electron chi connectivity index (χ3n) is 2.03. The first-order chi connectivity index (χ1) is 5.52. The zero-order chi connectivity index (χ0) is 9.78. The van der Waals surface area contributed by atoms with Gasteiger partial charge in [0.25, 0.3) is 0 Å². The standard InChI is InChI=1S/C7H14FNO.C2H6/c1-7(10)5-9(2)4-3-6(7)8;1-2/h6,10H,3-5H2,1-2H3;1-2H3. The largest absolute Gasteiger partial charge is 0.386 e. The lowest BCUT2D eigenvalue weighted by Crippen LogP contribution is -2.51. The summed E-state index contributed by atoms with van der Waals surface area (Å²) in [5, 5.41) is 9.40. The number of likely N-dealkylation sites (N-methyl/N-ethyl adjacent to an activating group) is 1. The normalized spacial score (nSPS) is 37.0. The van der Waals surface area contributed by atoms with E-state index in [4.69, 9.17) is 0 Å². The molecule has 0 aliphatic carbocycles. The van der Waals surface area contributed by atoms with Crippen LogP contribution in [-0.4, -0.2) is 41.9 Å². The SMILES string of the molecule is CC.CN1CCC(F)C(C)(O)C1. The summed E-state index contributed by atoms with van der Waals surface area (Å²) in [5.74, 6) is 0. The molecule has 12 heavy (non-hydrogen) atoms. The summed E-state index contributed by atoms with van der Waals surface area (Å²) in [5.41, 5.74) is -1.13. The Hall–Kier alpha value is -0.150. The van der Waals surface area contributed by atoms with Crippen molar-refractivity contribution in [1.82, 2.24) is 4.90 Å². The second kappa shape index (κ2) is 4.77. The molecule has 2 atom stereocenters. The van der Waals surface area contributed by atoms with Crippen LogP contribution >= 0.6 is 0 Å². The number of rotatable bonds is 0. The summed E-state index contributed by atoms with van der Waals surface area (Å²) in [7, 11) is 1.89. The van der Waals surface area contributed by atoms with Gasteiger partial charge in [0.1, 0.15) is 11.8 Å². The molecule has 2 nitrogen and oxygen atoms in total. The molecular formula is C9H20FNO. The number of hydrogen-bond donors (Lipinski definition) is 1. The van der Waals surface area contributed by atoms with Gasteiger partial charge in [0.05, 0.1) is 0 Å². The zero-order valence-corrected chi connectivity index (χ0v) is 8.47. The van der Waals surface area contributed by atoms with Crippen LogP contribution in [0.4, 0.5) is 4.39 Å². The molecule has 2 unspecified atom stereocenters. The predicted molar refractivity (Wildman–Crippen MR) is 49.0 cm³/mol. The summed E-state index contributed by atoms with van der Waals surface area (Å²) in [6.45, 7) is 6.73. The molecule has 0 bridgehead atoms. The molecule has 1 N–H and O–H groups in total. The molecule has 3 heteroatoms. The minimum Gasteiger partial charge on any atom is -0.386 e. The fraction of sp³-hybridized carbons (Fsp3) is 1.00. The van der Waals surface area contributed by atoms with E-state index in [1.807, 2.05) is 25.8 Å². The van der Waals surface area contributed by atoms with Gasteiger partial charge in [0.2, 0.25) is 0 Å². The van der Waals surface area contributed by atoms with E-state index >= 15 is 0 Å². The van der Waals surface area contributed by atoms with E-state index in [0.29, 0.717) is 13.0 Å². The van der Waals surface area contributed by atoms with E-state index in [1.54, 1.807) is 6.92 Å². The molecule has 1 rings (SSSR count). The van der Waals surface area contributed by atoms with Crippen molar-refractivity contribution in [3.63, 3.8) is 0 Å². The number of hydrogen-bond acceptors (Lipinski definition) is 2. The smallest absolute Gasteiger partial charge is 0.131 e. The molecule has 0 aromatic rings. The molecule has 1 aliphatic rings. The summed E-state index contributed by atoms with van der Waals surface area (Å²) >= 11 is 0. The van der Waals surface area contributed by atoms with E-state index in [-0.39, 0.29) is 0 Å². The van der Waals surface area contributed by atoms with Crippen LogP contribution in [0.3, 0.4) is 0 Å². The molecular weight excluding hydrogens is 157 g/mol. The summed E-state index contributed by atoms with van der Waals surface area (Å²) in [4.78, 5) is 1.94. The molecule has 0 spiro atoms. The van der Waals surface area contributed by atoms with Gasteiger partial charge in [-0.3, -0.25) is 0 Å². The highest BCUT2D eigenvalue weighted by atomic mass is 19.1. The maximum atomic E-state index is 12.9. The van der Waals surface area contributed by atoms with Crippen LogP contribution in [0, 0.1) is 0 Å². The third kappa shape index (κ3) is 3.07. The molecule has 0 radical (unpaired) electrons. The van der Waals surface area contributed by atoms with Crippen molar-refractivity contribution in [2.24, 2.45) is 0 Å². The van der Waals surface area contributed by atoms with Crippen LogP contribution in [-0.2, 0) is 0 Å². The van der Waals surface area contributed by atoms with E-state index in [2.05, 4.69) is 0 Å². The molecule has 1 saturated heterocycles. The van der Waals surface area contributed by atoms with Gasteiger partial charge in [-0.05, 0) is 20.4 Å². The number of halogens is 1. The number of piperidine rings is 1. The number of aliphatic hydroxyl groups is 1. The lowest BCUT2D eigenvalue weighted by Gasteiger charge is -2.37. The molecule has 0 aromatic heterocycles. The maximum absolute atomic E-state index is 12.9. The van der Waals surface area contributed by atoms with Gasteiger partial charge in [-0.1, -0.05) is 13.8 Å². The lowest BCUT2D eigenvalue weighted by molar-refractivity contribution is -0.0691. The average molecular weight is 177 g/mol. The van der Waals surface area contributed by atoms with Crippen molar-refractivity contribution in [3.05, 3.63) is 0 Å². The molecule has 0 amide bonds. The highest BCUT2D eigenvalue weighted by molar-refractivity contribution is 4.89. The summed E-state index contributed by atoms with van der Waals surface area (Å²) < 4.78 is 12.9. The average Bonchev–Trinajstić information content (AvgIpc) is 2.01. The maximum Gasteiger partial charge on any atom is 0.131 e. The van der Waals surface area contributed by atoms with Gasteiger partial charge in [-0.25, -0.2) is 4.39 Å². The van der Waals surface area contributed by atoms with Crippen molar-refractivity contribution >= 4 is 0 Å². The van der Waals surface area contributed by atoms with Gasteiger partial charge >= 0.3 is 0 Å². The Bertz CT molecular complexity index is 128. The second-order valence-corrected chi connectivity index (χ2v) is 3.35. The van der Waals surface area contributed by atoms with Gasteiger partial charge < -0.3 is 10.0 Å². The Kier molecular flexibility index (Phi) is 4.71. The minimum atomic E-state index is -1.13. The Balaban J connectivity index is 0.000000561. The molecule has 1 aliphatic heterocycles. The van der Waals surface area contributed by atoms with Crippen LogP contribution in [0.25, 0.3) is 0 Å². The summed E-state index contributed by atoms with van der Waals surface area (Å²) in [6.07, 6.45) is -0.604.